The molecule has 0 N–H and O–H groups in total. The maximum absolute atomic E-state index is 12.1. The van der Waals surface area contributed by atoms with Crippen LogP contribution in [-0.2, 0) is 4.74 Å². The van der Waals surface area contributed by atoms with E-state index in [1.54, 1.807) is 0 Å². The molecule has 0 rings (SSSR count). The highest BCUT2D eigenvalue weighted by Crippen LogP contribution is 2.20. The Hall–Kier alpha value is -0.180. The Bertz CT molecular complexity index is 124. The zero-order valence-corrected chi connectivity index (χ0v) is 8.23. The van der Waals surface area contributed by atoms with E-state index in [4.69, 9.17) is 4.74 Å². The summed E-state index contributed by atoms with van der Waals surface area (Å²) in [4.78, 5) is 0. The topological polar surface area (TPSA) is 9.23 Å². The van der Waals surface area contributed by atoms with Crippen molar-refractivity contribution in [2.75, 3.05) is 0 Å². The largest absolute Gasteiger partial charge is 0.367 e. The van der Waals surface area contributed by atoms with Crippen LogP contribution in [0.1, 0.15) is 40.5 Å². The van der Waals surface area contributed by atoms with Gasteiger partial charge in [0.1, 0.15) is 6.10 Å². The van der Waals surface area contributed by atoms with E-state index in [2.05, 4.69) is 0 Å². The fourth-order valence-corrected chi connectivity index (χ4v) is 1.22. The van der Waals surface area contributed by atoms with Gasteiger partial charge in [0, 0.05) is 0 Å². The summed E-state index contributed by atoms with van der Waals surface area (Å²) in [6, 6.07) is 0. The molecule has 0 aliphatic rings. The third-order valence-electron chi connectivity index (χ3n) is 1.71. The molecular weight excluding hydrogens is 162 g/mol. The highest BCUT2D eigenvalue weighted by molar-refractivity contribution is 4.70. The number of rotatable bonds is 5. The minimum Gasteiger partial charge on any atom is -0.367 e. The average molecular weight is 180 g/mol. The molecule has 0 aromatic heterocycles. The van der Waals surface area contributed by atoms with Crippen molar-refractivity contribution in [1.82, 2.24) is 0 Å². The van der Waals surface area contributed by atoms with Crippen molar-refractivity contribution in [2.45, 2.75) is 58.7 Å². The van der Waals surface area contributed by atoms with E-state index in [1.807, 2.05) is 20.8 Å². The van der Waals surface area contributed by atoms with Gasteiger partial charge >= 0.3 is 0 Å². The van der Waals surface area contributed by atoms with Gasteiger partial charge in [-0.3, -0.25) is 0 Å². The summed E-state index contributed by atoms with van der Waals surface area (Å²) in [5, 5.41) is 0. The summed E-state index contributed by atoms with van der Waals surface area (Å²) in [7, 11) is 0. The summed E-state index contributed by atoms with van der Waals surface area (Å²) in [5.74, 6) is 0. The van der Waals surface area contributed by atoms with E-state index in [1.165, 1.54) is 6.92 Å². The second-order valence-corrected chi connectivity index (χ2v) is 3.67. The molecular formula is C9H18F2O. The minimum absolute atomic E-state index is 0.426. The van der Waals surface area contributed by atoms with E-state index in [0.29, 0.717) is 0 Å². The Morgan fingerprint density at radius 2 is 1.83 bits per heavy atom. The van der Waals surface area contributed by atoms with Crippen molar-refractivity contribution in [2.24, 2.45) is 0 Å². The number of ether oxygens (including phenoxy) is 1. The number of hydrogen-bond donors (Lipinski definition) is 0. The summed E-state index contributed by atoms with van der Waals surface area (Å²) in [6.07, 6.45) is -1.60. The van der Waals surface area contributed by atoms with Gasteiger partial charge in [-0.25, -0.2) is 8.78 Å². The van der Waals surface area contributed by atoms with Crippen molar-refractivity contribution in [3.63, 3.8) is 0 Å². The predicted molar refractivity (Wildman–Crippen MR) is 45.5 cm³/mol. The summed E-state index contributed by atoms with van der Waals surface area (Å²) < 4.78 is 29.3. The molecule has 0 amide bonds. The van der Waals surface area contributed by atoms with Gasteiger partial charge in [-0.05, 0) is 27.2 Å². The Labute approximate surface area is 73.1 Å². The van der Waals surface area contributed by atoms with Gasteiger partial charge < -0.3 is 4.74 Å². The third kappa shape index (κ3) is 4.65. The number of hydrogen-bond acceptors (Lipinski definition) is 1. The van der Waals surface area contributed by atoms with Gasteiger partial charge in [0.25, 0.3) is 6.43 Å². The van der Waals surface area contributed by atoms with E-state index >= 15 is 0 Å². The van der Waals surface area contributed by atoms with Crippen molar-refractivity contribution >= 4 is 0 Å². The third-order valence-corrected chi connectivity index (χ3v) is 1.71. The van der Waals surface area contributed by atoms with Crippen LogP contribution in [-0.4, -0.2) is 18.1 Å². The zero-order valence-electron chi connectivity index (χ0n) is 8.23. The average Bonchev–Trinajstić information content (AvgIpc) is 1.85. The monoisotopic (exact) mass is 180 g/mol. The molecule has 1 unspecified atom stereocenters. The lowest BCUT2D eigenvalue weighted by Gasteiger charge is -2.28. The van der Waals surface area contributed by atoms with Gasteiger partial charge in [-0.15, -0.1) is 0 Å². The molecule has 12 heavy (non-hydrogen) atoms. The van der Waals surface area contributed by atoms with Gasteiger partial charge in [0.15, 0.2) is 0 Å². The SMILES string of the molecule is CCCC(C)(C)OC(C)C(F)F. The molecule has 0 spiro atoms. The van der Waals surface area contributed by atoms with E-state index < -0.39 is 18.1 Å². The predicted octanol–water partition coefficient (Wildman–Crippen LogP) is 3.24. The fraction of sp³-hybridized carbons (Fsp3) is 1.00. The van der Waals surface area contributed by atoms with Crippen LogP contribution in [0.2, 0.25) is 0 Å². The van der Waals surface area contributed by atoms with Crippen LogP contribution in [0.4, 0.5) is 8.78 Å². The Morgan fingerprint density at radius 3 is 2.17 bits per heavy atom. The highest BCUT2D eigenvalue weighted by Gasteiger charge is 2.25. The van der Waals surface area contributed by atoms with E-state index in [0.717, 1.165) is 12.8 Å². The van der Waals surface area contributed by atoms with Crippen LogP contribution in [0, 0.1) is 0 Å². The normalized spacial score (nSPS) is 15.2. The summed E-state index contributed by atoms with van der Waals surface area (Å²) in [5.41, 5.74) is -0.426. The zero-order chi connectivity index (χ0) is 9.78. The lowest BCUT2D eigenvalue weighted by Crippen LogP contribution is -2.32. The molecule has 0 radical (unpaired) electrons. The molecule has 0 heterocycles. The first-order valence-electron chi connectivity index (χ1n) is 4.35. The summed E-state index contributed by atoms with van der Waals surface area (Å²) >= 11 is 0. The highest BCUT2D eigenvalue weighted by atomic mass is 19.3. The second kappa shape index (κ2) is 4.75. The van der Waals surface area contributed by atoms with Gasteiger partial charge in [-0.2, -0.15) is 0 Å². The quantitative estimate of drug-likeness (QED) is 0.631. The van der Waals surface area contributed by atoms with Crippen molar-refractivity contribution in [3.8, 4) is 0 Å². The first-order chi connectivity index (χ1) is 5.39. The minimum atomic E-state index is -2.39. The lowest BCUT2D eigenvalue weighted by molar-refractivity contribution is -0.125. The Balaban J connectivity index is 3.87. The molecule has 1 atom stereocenters. The molecule has 0 aromatic carbocycles. The van der Waals surface area contributed by atoms with Gasteiger partial charge in [0.2, 0.25) is 0 Å². The molecule has 0 saturated heterocycles. The van der Waals surface area contributed by atoms with Crippen LogP contribution < -0.4 is 0 Å². The maximum atomic E-state index is 12.1. The molecule has 1 nitrogen and oxygen atoms in total. The molecule has 0 fully saturated rings. The van der Waals surface area contributed by atoms with Crippen molar-refractivity contribution in [1.29, 1.82) is 0 Å². The molecule has 0 aromatic rings. The standard InChI is InChI=1S/C9H18F2O/c1-5-6-9(3,4)12-7(2)8(10)11/h7-8H,5-6H2,1-4H3. The molecule has 0 aliphatic carbocycles. The van der Waals surface area contributed by atoms with Gasteiger partial charge in [-0.1, -0.05) is 13.3 Å². The second-order valence-electron chi connectivity index (χ2n) is 3.67. The van der Waals surface area contributed by atoms with Gasteiger partial charge in [0.05, 0.1) is 5.60 Å². The van der Waals surface area contributed by atoms with E-state index in [-0.39, 0.29) is 0 Å². The first-order valence-corrected chi connectivity index (χ1v) is 4.35. The van der Waals surface area contributed by atoms with Crippen LogP contribution in [0.15, 0.2) is 0 Å². The Kier molecular flexibility index (Phi) is 4.68. The molecule has 3 heteroatoms. The number of alkyl halides is 2. The molecule has 0 saturated carbocycles. The van der Waals surface area contributed by atoms with Crippen LogP contribution >= 0.6 is 0 Å². The molecule has 0 aliphatic heterocycles. The summed E-state index contributed by atoms with van der Waals surface area (Å²) in [6.45, 7) is 7.10. The maximum Gasteiger partial charge on any atom is 0.264 e. The van der Waals surface area contributed by atoms with Crippen LogP contribution in [0.3, 0.4) is 0 Å². The van der Waals surface area contributed by atoms with E-state index in [9.17, 15) is 8.78 Å². The molecule has 0 bridgehead atoms. The molecule has 74 valence electrons. The van der Waals surface area contributed by atoms with Crippen molar-refractivity contribution < 1.29 is 13.5 Å². The van der Waals surface area contributed by atoms with Crippen LogP contribution in [0.25, 0.3) is 0 Å². The van der Waals surface area contributed by atoms with Crippen LogP contribution in [0.5, 0.6) is 0 Å². The lowest BCUT2D eigenvalue weighted by atomic mass is 10.0. The first kappa shape index (κ1) is 11.8. The Morgan fingerprint density at radius 1 is 1.33 bits per heavy atom. The smallest absolute Gasteiger partial charge is 0.264 e. The van der Waals surface area contributed by atoms with Crippen molar-refractivity contribution in [3.05, 3.63) is 0 Å². The fourth-order valence-electron chi connectivity index (χ4n) is 1.22. The number of halogens is 2.